The molecule has 0 saturated heterocycles. The van der Waals surface area contributed by atoms with Crippen molar-refractivity contribution in [3.63, 3.8) is 0 Å². The van der Waals surface area contributed by atoms with Crippen molar-refractivity contribution in [2.24, 2.45) is 0 Å². The van der Waals surface area contributed by atoms with E-state index in [1.807, 2.05) is 6.92 Å². The van der Waals surface area contributed by atoms with Crippen molar-refractivity contribution in [3.05, 3.63) is 34.3 Å². The molecule has 0 aromatic carbocycles. The lowest BCUT2D eigenvalue weighted by molar-refractivity contribution is -0.124. The van der Waals surface area contributed by atoms with E-state index in [1.165, 1.54) is 6.07 Å². The summed E-state index contributed by atoms with van der Waals surface area (Å²) in [6.07, 6.45) is 1.96. The summed E-state index contributed by atoms with van der Waals surface area (Å²) in [5.74, 6) is 1.00. The molecular weight excluding hydrogens is 284 g/mol. The van der Waals surface area contributed by atoms with Crippen molar-refractivity contribution in [3.8, 4) is 11.5 Å². The minimum Gasteiger partial charge on any atom is -0.460 e. The monoisotopic (exact) mass is 302 g/mol. The second kappa shape index (κ2) is 5.32. The van der Waals surface area contributed by atoms with Crippen LogP contribution in [0.15, 0.2) is 27.4 Å². The van der Waals surface area contributed by atoms with Crippen LogP contribution in [0.2, 0.25) is 0 Å². The second-order valence-corrected chi connectivity index (χ2v) is 5.60. The molecule has 1 amide bonds. The molecule has 116 valence electrons. The Morgan fingerprint density at radius 2 is 2.23 bits per heavy atom. The molecule has 1 saturated carbocycles. The summed E-state index contributed by atoms with van der Waals surface area (Å²) in [5.41, 5.74) is 5.75. The molecule has 3 N–H and O–H groups in total. The van der Waals surface area contributed by atoms with E-state index in [2.05, 4.69) is 10.4 Å². The molecule has 1 atom stereocenters. The number of nitrogen functional groups attached to an aromatic ring is 1. The van der Waals surface area contributed by atoms with Gasteiger partial charge in [-0.25, -0.2) is 4.68 Å². The van der Waals surface area contributed by atoms with E-state index >= 15 is 0 Å². The third-order valence-electron chi connectivity index (χ3n) is 3.63. The van der Waals surface area contributed by atoms with Gasteiger partial charge in [0.15, 0.2) is 5.76 Å². The number of carbonyl (C=O) groups excluding carboxylic acids is 1. The zero-order valence-corrected chi connectivity index (χ0v) is 12.5. The molecule has 0 bridgehead atoms. The van der Waals surface area contributed by atoms with Crippen LogP contribution in [0.25, 0.3) is 11.5 Å². The van der Waals surface area contributed by atoms with Gasteiger partial charge in [-0.1, -0.05) is 0 Å². The van der Waals surface area contributed by atoms with E-state index in [0.29, 0.717) is 11.5 Å². The van der Waals surface area contributed by atoms with Gasteiger partial charge in [-0.05, 0) is 44.9 Å². The highest BCUT2D eigenvalue weighted by Gasteiger charge is 2.27. The largest absolute Gasteiger partial charge is 0.460 e. The van der Waals surface area contributed by atoms with E-state index in [9.17, 15) is 9.59 Å². The van der Waals surface area contributed by atoms with Gasteiger partial charge in [0.2, 0.25) is 5.91 Å². The Morgan fingerprint density at radius 1 is 1.50 bits per heavy atom. The summed E-state index contributed by atoms with van der Waals surface area (Å²) in [7, 11) is 0. The molecule has 2 aromatic rings. The first-order chi connectivity index (χ1) is 10.5. The van der Waals surface area contributed by atoms with E-state index in [0.717, 1.165) is 23.3 Å². The van der Waals surface area contributed by atoms with Crippen molar-refractivity contribution in [2.75, 3.05) is 5.73 Å². The smallest absolute Gasteiger partial charge is 0.290 e. The molecular formula is C15H18N4O3. The fourth-order valence-corrected chi connectivity index (χ4v) is 2.15. The van der Waals surface area contributed by atoms with Crippen molar-refractivity contribution in [1.82, 2.24) is 15.1 Å². The number of nitrogens with zero attached hydrogens (tertiary/aromatic N) is 2. The van der Waals surface area contributed by atoms with Crippen LogP contribution in [-0.2, 0) is 4.79 Å². The first kappa shape index (κ1) is 14.4. The van der Waals surface area contributed by atoms with Crippen LogP contribution < -0.4 is 16.6 Å². The summed E-state index contributed by atoms with van der Waals surface area (Å²) in [4.78, 5) is 24.3. The molecule has 1 aliphatic rings. The van der Waals surface area contributed by atoms with Crippen molar-refractivity contribution in [2.45, 2.75) is 38.8 Å². The predicted molar refractivity (Wildman–Crippen MR) is 81.2 cm³/mol. The van der Waals surface area contributed by atoms with Gasteiger partial charge in [-0.3, -0.25) is 9.59 Å². The molecule has 1 fully saturated rings. The SMILES string of the molecule is Cc1ccc(-c2cc(N)c(=O)n([C@H](C)C(=O)NC3CC3)n2)o1. The number of anilines is 1. The highest BCUT2D eigenvalue weighted by atomic mass is 16.3. The summed E-state index contributed by atoms with van der Waals surface area (Å²) in [5, 5.41) is 7.09. The Kier molecular flexibility index (Phi) is 3.48. The normalized spacial score (nSPS) is 15.5. The number of furan rings is 1. The van der Waals surface area contributed by atoms with Gasteiger partial charge >= 0.3 is 0 Å². The Balaban J connectivity index is 1.97. The number of hydrogen-bond acceptors (Lipinski definition) is 5. The second-order valence-electron chi connectivity index (χ2n) is 5.60. The first-order valence-corrected chi connectivity index (χ1v) is 7.22. The third kappa shape index (κ3) is 2.74. The first-order valence-electron chi connectivity index (χ1n) is 7.22. The van der Waals surface area contributed by atoms with Crippen molar-refractivity contribution in [1.29, 1.82) is 0 Å². The maximum Gasteiger partial charge on any atom is 0.290 e. The van der Waals surface area contributed by atoms with Gasteiger partial charge in [-0.2, -0.15) is 5.10 Å². The van der Waals surface area contributed by atoms with Gasteiger partial charge in [0.05, 0.1) is 0 Å². The van der Waals surface area contributed by atoms with E-state index < -0.39 is 11.6 Å². The molecule has 0 aliphatic heterocycles. The Hall–Kier alpha value is -2.57. The average Bonchev–Trinajstić information content (AvgIpc) is 3.19. The summed E-state index contributed by atoms with van der Waals surface area (Å²) >= 11 is 0. The number of aromatic nitrogens is 2. The van der Waals surface area contributed by atoms with Crippen LogP contribution in [0, 0.1) is 6.92 Å². The van der Waals surface area contributed by atoms with E-state index in [4.69, 9.17) is 10.2 Å². The van der Waals surface area contributed by atoms with Crippen LogP contribution in [0.1, 0.15) is 31.6 Å². The molecule has 22 heavy (non-hydrogen) atoms. The molecule has 2 aromatic heterocycles. The number of nitrogens with one attached hydrogen (secondary N) is 1. The summed E-state index contributed by atoms with van der Waals surface area (Å²) in [6.45, 7) is 3.44. The highest BCUT2D eigenvalue weighted by molar-refractivity contribution is 5.80. The third-order valence-corrected chi connectivity index (χ3v) is 3.63. The van der Waals surface area contributed by atoms with Gasteiger partial charge in [0.1, 0.15) is 23.2 Å². The number of nitrogens with two attached hydrogens (primary N) is 1. The van der Waals surface area contributed by atoms with Crippen molar-refractivity contribution < 1.29 is 9.21 Å². The molecule has 0 radical (unpaired) electrons. The van der Waals surface area contributed by atoms with Gasteiger partial charge in [0, 0.05) is 6.04 Å². The number of carbonyl (C=O) groups is 1. The molecule has 1 aliphatic carbocycles. The van der Waals surface area contributed by atoms with Crippen LogP contribution in [0.3, 0.4) is 0 Å². The lowest BCUT2D eigenvalue weighted by Gasteiger charge is -2.15. The zero-order chi connectivity index (χ0) is 15.9. The quantitative estimate of drug-likeness (QED) is 0.884. The maximum absolute atomic E-state index is 12.2. The standard InChI is InChI=1S/C15H18N4O3/c1-8-3-6-13(22-8)12-7-11(16)15(21)19(18-12)9(2)14(20)17-10-4-5-10/h3,6-7,9-10H,4-5,16H2,1-2H3,(H,17,20)/t9-/m1/s1. The van der Waals surface area contributed by atoms with Crippen LogP contribution in [-0.4, -0.2) is 21.7 Å². The fourth-order valence-electron chi connectivity index (χ4n) is 2.15. The minimum absolute atomic E-state index is 0.0325. The van der Waals surface area contributed by atoms with Crippen LogP contribution in [0.5, 0.6) is 0 Å². The maximum atomic E-state index is 12.2. The molecule has 0 spiro atoms. The number of amides is 1. The summed E-state index contributed by atoms with van der Waals surface area (Å²) in [6, 6.07) is 4.50. The van der Waals surface area contributed by atoms with Crippen LogP contribution in [0.4, 0.5) is 5.69 Å². The van der Waals surface area contributed by atoms with E-state index in [1.54, 1.807) is 19.1 Å². The Morgan fingerprint density at radius 3 is 2.82 bits per heavy atom. The predicted octanol–water partition coefficient (Wildman–Crippen LogP) is 1.23. The average molecular weight is 302 g/mol. The van der Waals surface area contributed by atoms with E-state index in [-0.39, 0.29) is 17.6 Å². The fraction of sp³-hybridized carbons (Fsp3) is 0.400. The number of rotatable bonds is 4. The zero-order valence-electron chi connectivity index (χ0n) is 12.5. The lowest BCUT2D eigenvalue weighted by Crippen LogP contribution is -2.38. The molecule has 2 heterocycles. The molecule has 7 nitrogen and oxygen atoms in total. The topological polar surface area (TPSA) is 103 Å². The molecule has 7 heteroatoms. The highest BCUT2D eigenvalue weighted by Crippen LogP contribution is 2.22. The van der Waals surface area contributed by atoms with Crippen molar-refractivity contribution >= 4 is 11.6 Å². The van der Waals surface area contributed by atoms with Crippen LogP contribution >= 0.6 is 0 Å². The summed E-state index contributed by atoms with van der Waals surface area (Å²) < 4.78 is 6.61. The minimum atomic E-state index is -0.730. The van der Waals surface area contributed by atoms with Gasteiger partial charge < -0.3 is 15.5 Å². The number of aryl methyl sites for hydroxylation is 1. The Bertz CT molecular complexity index is 773. The van der Waals surface area contributed by atoms with Gasteiger partial charge in [-0.15, -0.1) is 0 Å². The molecule has 3 rings (SSSR count). The number of hydrogen-bond donors (Lipinski definition) is 2. The molecule has 0 unspecified atom stereocenters. The van der Waals surface area contributed by atoms with Gasteiger partial charge in [0.25, 0.3) is 5.56 Å². The Labute approximate surface area is 127 Å². The lowest BCUT2D eigenvalue weighted by atomic mass is 10.2.